The van der Waals surface area contributed by atoms with Crippen molar-refractivity contribution < 1.29 is 13.2 Å². The summed E-state index contributed by atoms with van der Waals surface area (Å²) in [5.74, 6) is 0. The number of sulfonamides is 1. The fourth-order valence-electron chi connectivity index (χ4n) is 1.88. The van der Waals surface area contributed by atoms with Gasteiger partial charge in [0.2, 0.25) is 10.0 Å². The van der Waals surface area contributed by atoms with Crippen LogP contribution in [0.4, 0.5) is 10.5 Å². The highest BCUT2D eigenvalue weighted by Crippen LogP contribution is 2.13. The molecular formula is C15H17N3O3S. The molecule has 2 aromatic carbocycles. The van der Waals surface area contributed by atoms with Crippen LogP contribution in [0.2, 0.25) is 0 Å². The minimum atomic E-state index is -3.73. The molecule has 0 aromatic heterocycles. The van der Waals surface area contributed by atoms with E-state index in [4.69, 9.17) is 5.14 Å². The predicted molar refractivity (Wildman–Crippen MR) is 84.7 cm³/mol. The molecule has 3 N–H and O–H groups in total. The molecule has 116 valence electrons. The molecule has 2 amide bonds. The minimum Gasteiger partial charge on any atom is -0.323 e. The van der Waals surface area contributed by atoms with Gasteiger partial charge in [0.1, 0.15) is 0 Å². The molecule has 0 aliphatic heterocycles. The number of hydrogen-bond acceptors (Lipinski definition) is 3. The zero-order valence-corrected chi connectivity index (χ0v) is 12.9. The van der Waals surface area contributed by atoms with Crippen molar-refractivity contribution in [2.24, 2.45) is 5.14 Å². The highest BCUT2D eigenvalue weighted by molar-refractivity contribution is 7.89. The Morgan fingerprint density at radius 2 is 1.68 bits per heavy atom. The van der Waals surface area contributed by atoms with Gasteiger partial charge in [-0.3, -0.25) is 0 Å². The minimum absolute atomic E-state index is 0.00291. The van der Waals surface area contributed by atoms with E-state index in [2.05, 4.69) is 5.32 Å². The van der Waals surface area contributed by atoms with Crippen LogP contribution in [0.15, 0.2) is 59.5 Å². The summed E-state index contributed by atoms with van der Waals surface area (Å²) in [6.07, 6.45) is 0. The molecule has 0 saturated heterocycles. The number of rotatable bonds is 4. The Hall–Kier alpha value is -2.38. The predicted octanol–water partition coefficient (Wildman–Crippen LogP) is 2.00. The summed E-state index contributed by atoms with van der Waals surface area (Å²) in [6, 6.07) is 15.0. The zero-order chi connectivity index (χ0) is 16.2. The summed E-state index contributed by atoms with van der Waals surface area (Å²) in [5, 5.41) is 7.71. The van der Waals surface area contributed by atoms with Gasteiger partial charge in [-0.05, 0) is 29.8 Å². The summed E-state index contributed by atoms with van der Waals surface area (Å²) >= 11 is 0. The second-order valence-electron chi connectivity index (χ2n) is 4.84. The standard InChI is InChI=1S/C15H17N3O3S/c1-18(11-12-5-3-2-4-6-12)15(19)17-13-7-9-14(10-8-13)22(16,20)21/h2-10H,11H2,1H3,(H,17,19)(H2,16,20,21). The normalized spacial score (nSPS) is 11.0. The van der Waals surface area contributed by atoms with Gasteiger partial charge >= 0.3 is 6.03 Å². The highest BCUT2D eigenvalue weighted by atomic mass is 32.2. The molecule has 0 atom stereocenters. The first-order chi connectivity index (χ1) is 10.4. The number of primary sulfonamides is 1. The van der Waals surface area contributed by atoms with Gasteiger partial charge in [0.15, 0.2) is 0 Å². The summed E-state index contributed by atoms with van der Waals surface area (Å²) < 4.78 is 22.3. The van der Waals surface area contributed by atoms with E-state index in [9.17, 15) is 13.2 Å². The number of amides is 2. The van der Waals surface area contributed by atoms with Crippen molar-refractivity contribution in [3.63, 3.8) is 0 Å². The molecule has 0 spiro atoms. The number of urea groups is 1. The van der Waals surface area contributed by atoms with E-state index in [-0.39, 0.29) is 10.9 Å². The molecule has 0 bridgehead atoms. The molecule has 6 nitrogen and oxygen atoms in total. The average Bonchev–Trinajstić information content (AvgIpc) is 2.48. The van der Waals surface area contributed by atoms with Crippen LogP contribution in [-0.4, -0.2) is 26.4 Å². The van der Waals surface area contributed by atoms with E-state index in [1.807, 2.05) is 30.3 Å². The third-order valence-electron chi connectivity index (χ3n) is 3.04. The molecule has 7 heteroatoms. The Kier molecular flexibility index (Phi) is 4.79. The van der Waals surface area contributed by atoms with Crippen molar-refractivity contribution in [3.8, 4) is 0 Å². The Labute approximate surface area is 129 Å². The molecule has 0 unspecified atom stereocenters. The largest absolute Gasteiger partial charge is 0.323 e. The molecular weight excluding hydrogens is 302 g/mol. The second kappa shape index (κ2) is 6.59. The Bertz CT molecular complexity index is 743. The molecule has 2 aromatic rings. The molecule has 0 saturated carbocycles. The third kappa shape index (κ3) is 4.31. The Balaban J connectivity index is 1.99. The van der Waals surface area contributed by atoms with Crippen LogP contribution in [0.3, 0.4) is 0 Å². The Morgan fingerprint density at radius 1 is 1.09 bits per heavy atom. The first-order valence-electron chi connectivity index (χ1n) is 6.55. The van der Waals surface area contributed by atoms with E-state index in [1.54, 1.807) is 7.05 Å². The van der Waals surface area contributed by atoms with Crippen LogP contribution in [0.1, 0.15) is 5.56 Å². The first-order valence-corrected chi connectivity index (χ1v) is 8.10. The van der Waals surface area contributed by atoms with Crippen molar-refractivity contribution in [1.29, 1.82) is 0 Å². The van der Waals surface area contributed by atoms with Crippen molar-refractivity contribution in [2.45, 2.75) is 11.4 Å². The number of nitrogens with zero attached hydrogens (tertiary/aromatic N) is 1. The number of carbonyl (C=O) groups excluding carboxylic acids is 1. The summed E-state index contributed by atoms with van der Waals surface area (Å²) in [6.45, 7) is 0.474. The van der Waals surface area contributed by atoms with Crippen molar-refractivity contribution in [2.75, 3.05) is 12.4 Å². The lowest BCUT2D eigenvalue weighted by Gasteiger charge is -2.18. The Morgan fingerprint density at radius 3 is 2.23 bits per heavy atom. The number of nitrogens with one attached hydrogen (secondary N) is 1. The van der Waals surface area contributed by atoms with Crippen LogP contribution in [0, 0.1) is 0 Å². The van der Waals surface area contributed by atoms with E-state index in [1.165, 1.54) is 29.2 Å². The maximum atomic E-state index is 12.1. The highest BCUT2D eigenvalue weighted by Gasteiger charge is 2.11. The lowest BCUT2D eigenvalue weighted by atomic mass is 10.2. The molecule has 0 fully saturated rings. The second-order valence-corrected chi connectivity index (χ2v) is 6.40. The number of carbonyl (C=O) groups is 1. The SMILES string of the molecule is CN(Cc1ccccc1)C(=O)Nc1ccc(S(N)(=O)=O)cc1. The smallest absolute Gasteiger partial charge is 0.321 e. The fraction of sp³-hybridized carbons (Fsp3) is 0.133. The zero-order valence-electron chi connectivity index (χ0n) is 12.1. The lowest BCUT2D eigenvalue weighted by molar-refractivity contribution is 0.220. The van der Waals surface area contributed by atoms with Gasteiger partial charge in [0.25, 0.3) is 0 Å². The van der Waals surface area contributed by atoms with Gasteiger partial charge in [0.05, 0.1) is 4.90 Å². The molecule has 0 aliphatic carbocycles. The lowest BCUT2D eigenvalue weighted by Crippen LogP contribution is -2.30. The number of anilines is 1. The van der Waals surface area contributed by atoms with Crippen LogP contribution in [0.5, 0.6) is 0 Å². The van der Waals surface area contributed by atoms with E-state index < -0.39 is 10.0 Å². The summed E-state index contributed by atoms with van der Waals surface area (Å²) in [5.41, 5.74) is 1.52. The van der Waals surface area contributed by atoms with Gasteiger partial charge in [-0.2, -0.15) is 0 Å². The molecule has 2 rings (SSSR count). The maximum absolute atomic E-state index is 12.1. The van der Waals surface area contributed by atoms with Gasteiger partial charge < -0.3 is 10.2 Å². The average molecular weight is 319 g/mol. The molecule has 0 radical (unpaired) electrons. The molecule has 0 aliphatic rings. The van der Waals surface area contributed by atoms with Crippen LogP contribution in [-0.2, 0) is 16.6 Å². The number of benzene rings is 2. The van der Waals surface area contributed by atoms with Gasteiger partial charge in [0, 0.05) is 19.3 Å². The fourth-order valence-corrected chi connectivity index (χ4v) is 2.39. The summed E-state index contributed by atoms with van der Waals surface area (Å²) in [7, 11) is -2.05. The molecule has 22 heavy (non-hydrogen) atoms. The summed E-state index contributed by atoms with van der Waals surface area (Å²) in [4.78, 5) is 13.6. The maximum Gasteiger partial charge on any atom is 0.321 e. The first kappa shape index (κ1) is 16.0. The third-order valence-corrected chi connectivity index (χ3v) is 3.97. The van der Waals surface area contributed by atoms with Crippen LogP contribution in [0.25, 0.3) is 0 Å². The van der Waals surface area contributed by atoms with Crippen molar-refractivity contribution in [3.05, 3.63) is 60.2 Å². The number of hydrogen-bond donors (Lipinski definition) is 2. The molecule has 0 heterocycles. The van der Waals surface area contributed by atoms with Crippen molar-refractivity contribution in [1.82, 2.24) is 4.90 Å². The van der Waals surface area contributed by atoms with Gasteiger partial charge in [-0.25, -0.2) is 18.4 Å². The van der Waals surface area contributed by atoms with Gasteiger partial charge in [-0.1, -0.05) is 30.3 Å². The number of nitrogens with two attached hydrogens (primary N) is 1. The quantitative estimate of drug-likeness (QED) is 0.902. The van der Waals surface area contributed by atoms with E-state index >= 15 is 0 Å². The monoisotopic (exact) mass is 319 g/mol. The van der Waals surface area contributed by atoms with Crippen molar-refractivity contribution >= 4 is 21.7 Å². The van der Waals surface area contributed by atoms with E-state index in [0.29, 0.717) is 12.2 Å². The van der Waals surface area contributed by atoms with Crippen LogP contribution >= 0.6 is 0 Å². The van der Waals surface area contributed by atoms with Gasteiger partial charge in [-0.15, -0.1) is 0 Å². The van der Waals surface area contributed by atoms with E-state index in [0.717, 1.165) is 5.56 Å². The topological polar surface area (TPSA) is 92.5 Å². The van der Waals surface area contributed by atoms with Crippen LogP contribution < -0.4 is 10.5 Å².